The average molecular weight is 432 g/mol. The Bertz CT molecular complexity index is 1060. The fourth-order valence-corrected chi connectivity index (χ4v) is 4.19. The van der Waals surface area contributed by atoms with Crippen molar-refractivity contribution in [3.8, 4) is 11.4 Å². The molecule has 0 bridgehead atoms. The maximum absolute atomic E-state index is 13.1. The highest BCUT2D eigenvalue weighted by atomic mass is 16.5. The Morgan fingerprint density at radius 3 is 2.38 bits per heavy atom. The number of rotatable bonds is 4. The van der Waals surface area contributed by atoms with E-state index < -0.39 is 0 Å². The predicted molar refractivity (Wildman–Crippen MR) is 127 cm³/mol. The predicted octanol–water partition coefficient (Wildman–Crippen LogP) is 6.18. The molecule has 32 heavy (non-hydrogen) atoms. The van der Waals surface area contributed by atoms with Gasteiger partial charge in [0.2, 0.25) is 11.7 Å². The molecule has 5 heteroatoms. The van der Waals surface area contributed by atoms with Crippen LogP contribution in [0, 0.1) is 0 Å². The van der Waals surface area contributed by atoms with Gasteiger partial charge in [0.1, 0.15) is 0 Å². The third-order valence-corrected chi connectivity index (χ3v) is 6.33. The van der Waals surface area contributed by atoms with Crippen molar-refractivity contribution in [3.63, 3.8) is 0 Å². The van der Waals surface area contributed by atoms with Crippen LogP contribution in [-0.2, 0) is 5.41 Å². The molecule has 1 aliphatic rings. The number of nitrogens with zero attached hydrogens (tertiary/aromatic N) is 3. The molecule has 0 N–H and O–H groups in total. The standard InChI is InChI=1S/C27H33N3O2/c1-18(2)19-8-10-20(11-9-19)24-28-25(32-29-24)22-7-6-16-30(17-22)26(31)21-12-14-23(15-13-21)27(3,4)5/h8-15,18,22H,6-7,16-17H2,1-5H3. The van der Waals surface area contributed by atoms with Crippen molar-refractivity contribution in [2.45, 2.75) is 64.7 Å². The number of likely N-dealkylation sites (tertiary alicyclic amines) is 1. The molecule has 3 aromatic rings. The van der Waals surface area contributed by atoms with Gasteiger partial charge in [-0.2, -0.15) is 4.98 Å². The SMILES string of the molecule is CC(C)c1ccc(-c2noc(C3CCCN(C(=O)c4ccc(C(C)(C)C)cc4)C3)n2)cc1. The summed E-state index contributed by atoms with van der Waals surface area (Å²) in [6.07, 6.45) is 1.87. The van der Waals surface area contributed by atoms with Gasteiger partial charge in [-0.15, -0.1) is 0 Å². The third-order valence-electron chi connectivity index (χ3n) is 6.33. The van der Waals surface area contributed by atoms with Crippen LogP contribution in [0.15, 0.2) is 53.1 Å². The number of aromatic nitrogens is 2. The lowest BCUT2D eigenvalue weighted by molar-refractivity contribution is 0.0695. The molecule has 4 rings (SSSR count). The number of piperidine rings is 1. The van der Waals surface area contributed by atoms with Crippen molar-refractivity contribution in [1.29, 1.82) is 0 Å². The Balaban J connectivity index is 1.45. The highest BCUT2D eigenvalue weighted by Crippen LogP contribution is 2.29. The number of benzene rings is 2. The first-order valence-corrected chi connectivity index (χ1v) is 11.6. The fourth-order valence-electron chi connectivity index (χ4n) is 4.19. The van der Waals surface area contributed by atoms with Crippen LogP contribution in [-0.4, -0.2) is 34.0 Å². The van der Waals surface area contributed by atoms with Crippen LogP contribution in [0.25, 0.3) is 11.4 Å². The molecule has 0 saturated carbocycles. The highest BCUT2D eigenvalue weighted by molar-refractivity contribution is 5.94. The summed E-state index contributed by atoms with van der Waals surface area (Å²) in [6.45, 7) is 12.2. The van der Waals surface area contributed by atoms with Gasteiger partial charge in [0.25, 0.3) is 5.91 Å². The van der Waals surface area contributed by atoms with Crippen molar-refractivity contribution >= 4 is 5.91 Å². The summed E-state index contributed by atoms with van der Waals surface area (Å²) in [4.78, 5) is 19.7. The normalized spacial score (nSPS) is 17.1. The van der Waals surface area contributed by atoms with Gasteiger partial charge in [0, 0.05) is 24.2 Å². The van der Waals surface area contributed by atoms with E-state index in [0.717, 1.165) is 30.5 Å². The molecule has 1 aromatic heterocycles. The van der Waals surface area contributed by atoms with E-state index in [1.165, 1.54) is 11.1 Å². The Hall–Kier alpha value is -2.95. The van der Waals surface area contributed by atoms with E-state index in [1.807, 2.05) is 29.2 Å². The van der Waals surface area contributed by atoms with Crippen LogP contribution < -0.4 is 0 Å². The molecule has 1 aliphatic heterocycles. The van der Waals surface area contributed by atoms with Gasteiger partial charge in [-0.3, -0.25) is 4.79 Å². The van der Waals surface area contributed by atoms with Crippen LogP contribution in [0.2, 0.25) is 0 Å². The third kappa shape index (κ3) is 4.77. The second-order valence-electron chi connectivity index (χ2n) is 10.2. The maximum Gasteiger partial charge on any atom is 0.253 e. The van der Waals surface area contributed by atoms with E-state index in [-0.39, 0.29) is 17.2 Å². The van der Waals surface area contributed by atoms with E-state index in [2.05, 4.69) is 69.0 Å². The van der Waals surface area contributed by atoms with Crippen molar-refractivity contribution in [2.24, 2.45) is 0 Å². The lowest BCUT2D eigenvalue weighted by Crippen LogP contribution is -2.39. The minimum atomic E-state index is 0.0673. The van der Waals surface area contributed by atoms with Crippen molar-refractivity contribution in [1.82, 2.24) is 15.0 Å². The summed E-state index contributed by atoms with van der Waals surface area (Å²) < 4.78 is 5.62. The molecule has 0 aliphatic carbocycles. The number of carbonyl (C=O) groups is 1. The summed E-state index contributed by atoms with van der Waals surface area (Å²) in [5.74, 6) is 1.85. The van der Waals surface area contributed by atoms with Crippen molar-refractivity contribution in [3.05, 3.63) is 71.1 Å². The molecule has 0 radical (unpaired) electrons. The van der Waals surface area contributed by atoms with E-state index in [4.69, 9.17) is 4.52 Å². The van der Waals surface area contributed by atoms with Crippen molar-refractivity contribution < 1.29 is 9.32 Å². The van der Waals surface area contributed by atoms with Crippen LogP contribution in [0.5, 0.6) is 0 Å². The largest absolute Gasteiger partial charge is 0.339 e. The lowest BCUT2D eigenvalue weighted by atomic mass is 9.86. The van der Waals surface area contributed by atoms with Crippen LogP contribution >= 0.6 is 0 Å². The minimum Gasteiger partial charge on any atom is -0.339 e. The maximum atomic E-state index is 13.1. The van der Waals surface area contributed by atoms with Crippen LogP contribution in [0.3, 0.4) is 0 Å². The summed E-state index contributed by atoms with van der Waals surface area (Å²) in [5, 5.41) is 4.21. The molecule has 1 amide bonds. The van der Waals surface area contributed by atoms with Gasteiger partial charge in [-0.25, -0.2) is 0 Å². The zero-order valence-corrected chi connectivity index (χ0v) is 19.8. The van der Waals surface area contributed by atoms with E-state index in [9.17, 15) is 4.79 Å². The highest BCUT2D eigenvalue weighted by Gasteiger charge is 2.29. The fraction of sp³-hybridized carbons (Fsp3) is 0.444. The van der Waals surface area contributed by atoms with Gasteiger partial charge in [0.05, 0.1) is 5.92 Å². The van der Waals surface area contributed by atoms with Gasteiger partial charge in [-0.05, 0) is 47.4 Å². The van der Waals surface area contributed by atoms with Gasteiger partial charge in [0.15, 0.2) is 0 Å². The molecule has 168 valence electrons. The minimum absolute atomic E-state index is 0.0673. The number of hydrogen-bond acceptors (Lipinski definition) is 4. The van der Waals surface area contributed by atoms with Crippen LogP contribution in [0.1, 0.15) is 86.7 Å². The molecule has 1 fully saturated rings. The van der Waals surface area contributed by atoms with Crippen LogP contribution in [0.4, 0.5) is 0 Å². The topological polar surface area (TPSA) is 59.2 Å². The lowest BCUT2D eigenvalue weighted by Gasteiger charge is -2.31. The number of hydrogen-bond donors (Lipinski definition) is 0. The first-order valence-electron chi connectivity index (χ1n) is 11.6. The summed E-state index contributed by atoms with van der Waals surface area (Å²) in [6, 6.07) is 16.3. The monoisotopic (exact) mass is 431 g/mol. The van der Waals surface area contributed by atoms with Crippen molar-refractivity contribution in [2.75, 3.05) is 13.1 Å². The first-order chi connectivity index (χ1) is 15.2. The van der Waals surface area contributed by atoms with E-state index in [0.29, 0.717) is 24.2 Å². The molecule has 1 unspecified atom stereocenters. The summed E-state index contributed by atoms with van der Waals surface area (Å²) in [5.41, 5.74) is 4.27. The Labute approximate surface area is 190 Å². The zero-order valence-electron chi connectivity index (χ0n) is 19.8. The zero-order chi connectivity index (χ0) is 22.9. The van der Waals surface area contributed by atoms with Gasteiger partial charge in [-0.1, -0.05) is 76.2 Å². The molecule has 1 atom stereocenters. The van der Waals surface area contributed by atoms with E-state index in [1.54, 1.807) is 0 Å². The molecule has 2 aromatic carbocycles. The number of amides is 1. The first kappa shape index (κ1) is 22.3. The average Bonchev–Trinajstić information content (AvgIpc) is 3.29. The molecular weight excluding hydrogens is 398 g/mol. The van der Waals surface area contributed by atoms with Gasteiger partial charge < -0.3 is 9.42 Å². The Morgan fingerprint density at radius 2 is 1.75 bits per heavy atom. The molecule has 0 spiro atoms. The molecular formula is C27H33N3O2. The van der Waals surface area contributed by atoms with E-state index >= 15 is 0 Å². The summed E-state index contributed by atoms with van der Waals surface area (Å²) in [7, 11) is 0. The molecule has 1 saturated heterocycles. The summed E-state index contributed by atoms with van der Waals surface area (Å²) >= 11 is 0. The van der Waals surface area contributed by atoms with Gasteiger partial charge >= 0.3 is 0 Å². The molecule has 2 heterocycles. The second kappa shape index (κ2) is 8.89. The second-order valence-corrected chi connectivity index (χ2v) is 10.2. The Kier molecular flexibility index (Phi) is 6.18. The number of carbonyl (C=O) groups excluding carboxylic acids is 1. The quantitative estimate of drug-likeness (QED) is 0.495. The molecule has 5 nitrogen and oxygen atoms in total. The smallest absolute Gasteiger partial charge is 0.253 e. The Morgan fingerprint density at radius 1 is 1.06 bits per heavy atom.